The maximum atomic E-state index is 12.9. The zero-order valence-electron chi connectivity index (χ0n) is 14.9. The summed E-state index contributed by atoms with van der Waals surface area (Å²) in [6.45, 7) is 3.95. The highest BCUT2D eigenvalue weighted by Crippen LogP contribution is 2.22. The number of imidazole rings is 1. The Morgan fingerprint density at radius 3 is 2.70 bits per heavy atom. The van der Waals surface area contributed by atoms with Crippen LogP contribution in [-0.2, 0) is 6.54 Å². The number of hydrogen-bond acceptors (Lipinski definition) is 5. The number of carbonyl (C=O) groups is 1. The summed E-state index contributed by atoms with van der Waals surface area (Å²) >= 11 is 0. The molecule has 2 N–H and O–H groups in total. The number of benzene rings is 1. The number of carbonyl (C=O) groups excluding carboxylic acids is 1. The molecule has 0 atom stereocenters. The van der Waals surface area contributed by atoms with Crippen LogP contribution in [0.3, 0.4) is 0 Å². The molecule has 2 aromatic heterocycles. The van der Waals surface area contributed by atoms with Crippen molar-refractivity contribution in [2.45, 2.75) is 6.54 Å². The molecule has 2 heterocycles. The number of aliphatic hydroxyl groups is 1. The first kappa shape index (κ1) is 18.4. The van der Waals surface area contributed by atoms with Gasteiger partial charge in [0.1, 0.15) is 11.4 Å². The number of hydrogen-bond donors (Lipinski definition) is 2. The van der Waals surface area contributed by atoms with Crippen molar-refractivity contribution in [1.29, 1.82) is 0 Å². The lowest BCUT2D eigenvalue weighted by Gasteiger charge is -2.12. The average molecular weight is 368 g/mol. The number of fused-ring (bicyclic) bond motifs is 1. The largest absolute Gasteiger partial charge is 0.497 e. The normalized spacial score (nSPS) is 10.7. The molecule has 0 saturated carbocycles. The molecule has 0 aliphatic heterocycles. The molecule has 3 rings (SSSR count). The molecule has 0 bridgehead atoms. The lowest BCUT2D eigenvalue weighted by molar-refractivity contribution is 0.0940. The fraction of sp³-hybridized carbons (Fsp3) is 0.211. The summed E-state index contributed by atoms with van der Waals surface area (Å²) in [5.41, 5.74) is 1.40. The van der Waals surface area contributed by atoms with Gasteiger partial charge < -0.3 is 15.2 Å². The van der Waals surface area contributed by atoms with E-state index in [1.807, 2.05) is 24.3 Å². The van der Waals surface area contributed by atoms with Gasteiger partial charge in [0.05, 0.1) is 19.4 Å². The predicted molar refractivity (Wildman–Crippen MR) is 101 cm³/mol. The molecule has 0 aliphatic carbocycles. The summed E-state index contributed by atoms with van der Waals surface area (Å²) in [5.74, 6) is 0.260. The summed E-state index contributed by atoms with van der Waals surface area (Å²) in [4.78, 5) is 29.2. The van der Waals surface area contributed by atoms with E-state index in [-0.39, 0.29) is 30.1 Å². The van der Waals surface area contributed by atoms with Crippen molar-refractivity contribution in [3.8, 4) is 17.0 Å². The topological polar surface area (TPSA) is 97.9 Å². The molecular formula is C19H20N4O4. The third-order valence-electron chi connectivity index (χ3n) is 4.05. The third kappa shape index (κ3) is 3.61. The van der Waals surface area contributed by atoms with Gasteiger partial charge in [-0.05, 0) is 24.3 Å². The second kappa shape index (κ2) is 7.88. The Hall–Kier alpha value is -3.39. The lowest BCUT2D eigenvalue weighted by Crippen LogP contribution is -2.26. The number of aliphatic hydroxyl groups excluding tert-OH is 1. The monoisotopic (exact) mass is 368 g/mol. The van der Waals surface area contributed by atoms with E-state index >= 15 is 0 Å². The van der Waals surface area contributed by atoms with Crippen LogP contribution in [0.2, 0.25) is 0 Å². The minimum absolute atomic E-state index is 0.109. The third-order valence-corrected chi connectivity index (χ3v) is 4.05. The highest BCUT2D eigenvalue weighted by Gasteiger charge is 2.16. The number of amides is 1. The molecule has 0 aliphatic rings. The molecule has 0 saturated heterocycles. The average Bonchev–Trinajstić information content (AvgIpc) is 3.13. The summed E-state index contributed by atoms with van der Waals surface area (Å²) in [6.07, 6.45) is 4.87. The fourth-order valence-corrected chi connectivity index (χ4v) is 2.75. The highest BCUT2D eigenvalue weighted by atomic mass is 16.5. The number of nitrogens with zero attached hydrogens (tertiary/aromatic N) is 3. The van der Waals surface area contributed by atoms with Crippen LogP contribution in [0, 0.1) is 0 Å². The van der Waals surface area contributed by atoms with Gasteiger partial charge in [-0.1, -0.05) is 6.08 Å². The Labute approximate surface area is 155 Å². The van der Waals surface area contributed by atoms with Gasteiger partial charge in [-0.2, -0.15) is 0 Å². The van der Waals surface area contributed by atoms with Crippen molar-refractivity contribution < 1.29 is 14.6 Å². The van der Waals surface area contributed by atoms with Gasteiger partial charge in [-0.3, -0.25) is 18.6 Å². The molecule has 0 radical (unpaired) electrons. The van der Waals surface area contributed by atoms with E-state index in [4.69, 9.17) is 9.84 Å². The van der Waals surface area contributed by atoms with Gasteiger partial charge in [0.2, 0.25) is 5.65 Å². The van der Waals surface area contributed by atoms with Crippen LogP contribution in [0.5, 0.6) is 5.75 Å². The van der Waals surface area contributed by atoms with Crippen molar-refractivity contribution in [2.24, 2.45) is 0 Å². The van der Waals surface area contributed by atoms with Crippen molar-refractivity contribution in [3.05, 3.63) is 65.4 Å². The molecule has 140 valence electrons. The molecule has 1 aromatic carbocycles. The van der Waals surface area contributed by atoms with Crippen molar-refractivity contribution in [3.63, 3.8) is 0 Å². The van der Waals surface area contributed by atoms with E-state index in [0.717, 1.165) is 5.56 Å². The van der Waals surface area contributed by atoms with Gasteiger partial charge in [0.25, 0.3) is 11.5 Å². The Balaban J connectivity index is 2.14. The van der Waals surface area contributed by atoms with Gasteiger partial charge >= 0.3 is 0 Å². The maximum Gasteiger partial charge on any atom is 0.295 e. The van der Waals surface area contributed by atoms with E-state index in [9.17, 15) is 9.59 Å². The van der Waals surface area contributed by atoms with Crippen LogP contribution in [0.15, 0.2) is 54.1 Å². The van der Waals surface area contributed by atoms with E-state index in [1.165, 1.54) is 10.6 Å². The quantitative estimate of drug-likeness (QED) is 0.608. The van der Waals surface area contributed by atoms with Crippen LogP contribution >= 0.6 is 0 Å². The number of ether oxygens (including phenoxy) is 1. The van der Waals surface area contributed by atoms with Crippen LogP contribution in [0.4, 0.5) is 0 Å². The second-order valence-corrected chi connectivity index (χ2v) is 5.78. The zero-order valence-corrected chi connectivity index (χ0v) is 14.9. The van der Waals surface area contributed by atoms with Crippen molar-refractivity contribution in [2.75, 3.05) is 20.3 Å². The molecule has 0 unspecified atom stereocenters. The Morgan fingerprint density at radius 1 is 1.33 bits per heavy atom. The fourth-order valence-electron chi connectivity index (χ4n) is 2.75. The van der Waals surface area contributed by atoms with Crippen LogP contribution in [0.25, 0.3) is 16.9 Å². The Morgan fingerprint density at radius 2 is 2.07 bits per heavy atom. The smallest absolute Gasteiger partial charge is 0.295 e. The highest BCUT2D eigenvalue weighted by molar-refractivity contribution is 5.92. The van der Waals surface area contributed by atoms with Crippen molar-refractivity contribution in [1.82, 2.24) is 19.3 Å². The number of rotatable bonds is 7. The van der Waals surface area contributed by atoms with Crippen molar-refractivity contribution >= 4 is 11.6 Å². The van der Waals surface area contributed by atoms with Crippen LogP contribution in [0.1, 0.15) is 10.5 Å². The molecule has 27 heavy (non-hydrogen) atoms. The first-order chi connectivity index (χ1) is 13.1. The molecule has 0 spiro atoms. The number of nitrogens with one attached hydrogen (secondary N) is 1. The Kier molecular flexibility index (Phi) is 5.37. The molecule has 1 amide bonds. The molecular weight excluding hydrogens is 348 g/mol. The van der Waals surface area contributed by atoms with Gasteiger partial charge in [-0.15, -0.1) is 6.58 Å². The van der Waals surface area contributed by atoms with E-state index in [0.29, 0.717) is 18.0 Å². The van der Waals surface area contributed by atoms with Crippen LogP contribution < -0.4 is 15.6 Å². The van der Waals surface area contributed by atoms with Gasteiger partial charge in [0.15, 0.2) is 0 Å². The number of allylic oxidation sites excluding steroid dienone is 1. The Bertz CT molecular complexity index is 1030. The molecule has 8 heteroatoms. The SMILES string of the molecule is C=CCn1c(-c2ccc(OC)cc2)cn2cc(C(=O)NCCO)nc2c1=O. The minimum atomic E-state index is -0.451. The molecule has 0 fully saturated rings. The first-order valence-corrected chi connectivity index (χ1v) is 8.36. The predicted octanol–water partition coefficient (Wildman–Crippen LogP) is 1.08. The van der Waals surface area contributed by atoms with Crippen LogP contribution in [-0.4, -0.2) is 45.2 Å². The first-order valence-electron chi connectivity index (χ1n) is 8.36. The summed E-state index contributed by atoms with van der Waals surface area (Å²) < 4.78 is 8.26. The summed E-state index contributed by atoms with van der Waals surface area (Å²) in [7, 11) is 1.59. The lowest BCUT2D eigenvalue weighted by atomic mass is 10.1. The summed E-state index contributed by atoms with van der Waals surface area (Å²) in [5, 5.41) is 11.4. The second-order valence-electron chi connectivity index (χ2n) is 5.78. The van der Waals surface area contributed by atoms with E-state index in [2.05, 4.69) is 16.9 Å². The van der Waals surface area contributed by atoms with E-state index in [1.54, 1.807) is 23.9 Å². The van der Waals surface area contributed by atoms with Gasteiger partial charge in [-0.25, -0.2) is 4.98 Å². The minimum Gasteiger partial charge on any atom is -0.497 e. The standard InChI is InChI=1S/C19H20N4O4/c1-3-9-23-16(13-4-6-14(27-2)7-5-13)12-22-11-15(18(25)20-8-10-24)21-17(22)19(23)26/h3-7,11-12,24H,1,8-10H2,2H3,(H,20,25). The zero-order chi connectivity index (χ0) is 19.4. The van der Waals surface area contributed by atoms with Gasteiger partial charge in [0, 0.05) is 31.0 Å². The number of methoxy groups -OCH3 is 1. The summed E-state index contributed by atoms with van der Waals surface area (Å²) in [6, 6.07) is 7.32. The molecule has 3 aromatic rings. The maximum absolute atomic E-state index is 12.9. The number of aromatic nitrogens is 3. The molecule has 8 nitrogen and oxygen atoms in total. The van der Waals surface area contributed by atoms with E-state index < -0.39 is 5.91 Å².